The van der Waals surface area contributed by atoms with Crippen molar-refractivity contribution >= 4 is 43.7 Å². The molecule has 0 spiro atoms. The van der Waals surface area contributed by atoms with Crippen molar-refractivity contribution in [2.45, 2.75) is 19.3 Å². The van der Waals surface area contributed by atoms with Gasteiger partial charge in [0.05, 0.1) is 16.7 Å². The molecule has 0 saturated heterocycles. The molecule has 0 amide bonds. The number of furan rings is 1. The Bertz CT molecular complexity index is 3070. The van der Waals surface area contributed by atoms with Crippen molar-refractivity contribution < 1.29 is 4.42 Å². The lowest BCUT2D eigenvalue weighted by Gasteiger charge is -2.21. The zero-order valence-corrected chi connectivity index (χ0v) is 29.5. The molecule has 3 heterocycles. The summed E-state index contributed by atoms with van der Waals surface area (Å²) in [4.78, 5) is 5.53. The molecule has 0 aliphatic heterocycles. The first-order valence-corrected chi connectivity index (χ1v) is 18.3. The van der Waals surface area contributed by atoms with Gasteiger partial charge in [0, 0.05) is 32.5 Å². The van der Waals surface area contributed by atoms with E-state index in [2.05, 4.69) is 176 Å². The molecule has 11 rings (SSSR count). The quantitative estimate of drug-likeness (QED) is 0.185. The molecule has 53 heavy (non-hydrogen) atoms. The van der Waals surface area contributed by atoms with E-state index in [-0.39, 0.29) is 5.41 Å². The largest absolute Gasteiger partial charge is 0.455 e. The Hall–Kier alpha value is -6.71. The first-order valence-electron chi connectivity index (χ1n) is 18.3. The van der Waals surface area contributed by atoms with Crippen LogP contribution in [-0.4, -0.2) is 9.55 Å². The number of fused-ring (bicyclic) bond motifs is 9. The van der Waals surface area contributed by atoms with Crippen molar-refractivity contribution in [3.63, 3.8) is 0 Å². The van der Waals surface area contributed by atoms with Crippen molar-refractivity contribution in [2.24, 2.45) is 0 Å². The van der Waals surface area contributed by atoms with Crippen LogP contribution in [0.3, 0.4) is 0 Å². The van der Waals surface area contributed by atoms with Gasteiger partial charge in [-0.15, -0.1) is 0 Å². The van der Waals surface area contributed by atoms with Crippen LogP contribution in [0.15, 0.2) is 174 Å². The molecule has 1 aliphatic carbocycles. The number of pyridine rings is 1. The average molecular weight is 679 g/mol. The van der Waals surface area contributed by atoms with Crippen LogP contribution < -0.4 is 0 Å². The van der Waals surface area contributed by atoms with Crippen molar-refractivity contribution in [3.05, 3.63) is 181 Å². The van der Waals surface area contributed by atoms with Crippen LogP contribution in [0.4, 0.5) is 0 Å². The maximum Gasteiger partial charge on any atom is 0.144 e. The van der Waals surface area contributed by atoms with Crippen LogP contribution in [0.2, 0.25) is 0 Å². The summed E-state index contributed by atoms with van der Waals surface area (Å²) < 4.78 is 8.94. The van der Waals surface area contributed by atoms with Crippen molar-refractivity contribution in [1.29, 1.82) is 0 Å². The lowest BCUT2D eigenvalue weighted by Crippen LogP contribution is -2.14. The Balaban J connectivity index is 1.19. The summed E-state index contributed by atoms with van der Waals surface area (Å²) in [5.41, 5.74) is 15.7. The number of hydrogen-bond acceptors (Lipinski definition) is 2. The van der Waals surface area contributed by atoms with E-state index in [0.29, 0.717) is 0 Å². The lowest BCUT2D eigenvalue weighted by molar-refractivity contribution is 0.661. The minimum absolute atomic E-state index is 0.0914. The van der Waals surface area contributed by atoms with E-state index in [9.17, 15) is 0 Å². The van der Waals surface area contributed by atoms with Gasteiger partial charge in [0.1, 0.15) is 17.0 Å². The van der Waals surface area contributed by atoms with Gasteiger partial charge in [-0.1, -0.05) is 141 Å². The number of hydrogen-bond donors (Lipinski definition) is 0. The van der Waals surface area contributed by atoms with Crippen LogP contribution in [0.25, 0.3) is 94.2 Å². The fraction of sp³-hybridized carbons (Fsp3) is 0.0600. The molecule has 10 aromatic rings. The van der Waals surface area contributed by atoms with Gasteiger partial charge in [-0.2, -0.15) is 0 Å². The summed E-state index contributed by atoms with van der Waals surface area (Å²) in [6, 6.07) is 61.0. The fourth-order valence-electron chi connectivity index (χ4n) is 8.78. The predicted molar refractivity (Wildman–Crippen MR) is 220 cm³/mol. The van der Waals surface area contributed by atoms with E-state index in [0.717, 1.165) is 61.2 Å². The average Bonchev–Trinajstić information content (AvgIpc) is 3.83. The normalized spacial score (nSPS) is 13.2. The Kier molecular flexibility index (Phi) is 6.30. The predicted octanol–water partition coefficient (Wildman–Crippen LogP) is 13.4. The summed E-state index contributed by atoms with van der Waals surface area (Å²) >= 11 is 0. The molecule has 0 fully saturated rings. The summed E-state index contributed by atoms with van der Waals surface area (Å²) in [6.45, 7) is 4.70. The molecule has 3 heteroatoms. The molecule has 0 unspecified atom stereocenters. The maximum absolute atomic E-state index is 6.58. The number of nitrogens with zero attached hydrogens (tertiary/aromatic N) is 2. The Morgan fingerprint density at radius 3 is 1.96 bits per heavy atom. The summed E-state index contributed by atoms with van der Waals surface area (Å²) in [5.74, 6) is 0.870. The first kappa shape index (κ1) is 30.0. The Morgan fingerprint density at radius 1 is 0.453 bits per heavy atom. The highest BCUT2D eigenvalue weighted by molar-refractivity contribution is 6.12. The molecule has 0 radical (unpaired) electrons. The fourth-order valence-corrected chi connectivity index (χ4v) is 8.78. The van der Waals surface area contributed by atoms with Gasteiger partial charge in [-0.05, 0) is 87.0 Å². The standard InChI is InChI=1S/C50H34N2O/c1-50(2)42-20-9-6-15-35(42)40-30-46-41(29-43(40)50)36-16-7-10-21-45(36)52(46)48-28-34(33-25-23-32(24-26-33)31-13-4-3-5-14-31)27-44(51-48)39-19-12-18-38-37-17-8-11-22-47(37)53-49(38)39/h3-30H,1-2H3. The monoisotopic (exact) mass is 678 g/mol. The highest BCUT2D eigenvalue weighted by atomic mass is 16.3. The molecular weight excluding hydrogens is 645 g/mol. The van der Waals surface area contributed by atoms with Gasteiger partial charge in [-0.3, -0.25) is 4.57 Å². The van der Waals surface area contributed by atoms with E-state index in [1.807, 2.05) is 12.1 Å². The minimum Gasteiger partial charge on any atom is -0.455 e. The van der Waals surface area contributed by atoms with E-state index in [1.165, 1.54) is 44.2 Å². The maximum atomic E-state index is 6.58. The van der Waals surface area contributed by atoms with Crippen molar-refractivity contribution in [2.75, 3.05) is 0 Å². The van der Waals surface area contributed by atoms with Gasteiger partial charge < -0.3 is 4.42 Å². The first-order chi connectivity index (χ1) is 26.0. The summed E-state index contributed by atoms with van der Waals surface area (Å²) in [6.07, 6.45) is 0. The SMILES string of the molecule is CC1(C)c2ccccc2-c2cc3c(cc21)c1ccccc1n3-c1cc(-c2ccc(-c3ccccc3)cc2)cc(-c2cccc3c2oc2ccccc23)n1. The van der Waals surface area contributed by atoms with Crippen LogP contribution in [0, 0.1) is 0 Å². The Morgan fingerprint density at radius 2 is 1.11 bits per heavy atom. The summed E-state index contributed by atoms with van der Waals surface area (Å²) in [5, 5.41) is 4.66. The van der Waals surface area contributed by atoms with Gasteiger partial charge >= 0.3 is 0 Å². The third-order valence-corrected chi connectivity index (χ3v) is 11.4. The Labute approximate surface area is 307 Å². The number of aromatic nitrogens is 2. The smallest absolute Gasteiger partial charge is 0.144 e. The molecule has 3 nitrogen and oxygen atoms in total. The molecule has 250 valence electrons. The van der Waals surface area contributed by atoms with Crippen LogP contribution >= 0.6 is 0 Å². The van der Waals surface area contributed by atoms with Crippen LogP contribution in [-0.2, 0) is 5.41 Å². The molecule has 0 bridgehead atoms. The zero-order valence-electron chi connectivity index (χ0n) is 29.5. The summed E-state index contributed by atoms with van der Waals surface area (Å²) in [7, 11) is 0. The number of rotatable bonds is 4. The second-order valence-corrected chi connectivity index (χ2v) is 14.8. The van der Waals surface area contributed by atoms with E-state index >= 15 is 0 Å². The van der Waals surface area contributed by atoms with Crippen LogP contribution in [0.1, 0.15) is 25.0 Å². The molecule has 3 aromatic heterocycles. The van der Waals surface area contributed by atoms with Gasteiger partial charge in [0.2, 0.25) is 0 Å². The topological polar surface area (TPSA) is 31.0 Å². The van der Waals surface area contributed by atoms with Gasteiger partial charge in [-0.25, -0.2) is 4.98 Å². The molecule has 0 atom stereocenters. The zero-order chi connectivity index (χ0) is 35.3. The third kappa shape index (κ3) is 4.44. The molecule has 0 N–H and O–H groups in total. The highest BCUT2D eigenvalue weighted by Gasteiger charge is 2.36. The van der Waals surface area contributed by atoms with Crippen molar-refractivity contribution in [1.82, 2.24) is 9.55 Å². The molecule has 1 aliphatic rings. The minimum atomic E-state index is -0.0914. The number of para-hydroxylation sites is 3. The lowest BCUT2D eigenvalue weighted by atomic mass is 9.82. The van der Waals surface area contributed by atoms with E-state index < -0.39 is 0 Å². The highest BCUT2D eigenvalue weighted by Crippen LogP contribution is 2.51. The van der Waals surface area contributed by atoms with Gasteiger partial charge in [0.15, 0.2) is 0 Å². The molecule has 0 saturated carbocycles. The second kappa shape index (κ2) is 11.1. The van der Waals surface area contributed by atoms with Gasteiger partial charge in [0.25, 0.3) is 0 Å². The van der Waals surface area contributed by atoms with Crippen molar-refractivity contribution in [3.8, 4) is 50.5 Å². The van der Waals surface area contributed by atoms with E-state index in [1.54, 1.807) is 0 Å². The molecular formula is C50H34N2O. The van der Waals surface area contributed by atoms with Crippen LogP contribution in [0.5, 0.6) is 0 Å². The molecule has 7 aromatic carbocycles. The van der Waals surface area contributed by atoms with E-state index in [4.69, 9.17) is 9.40 Å². The third-order valence-electron chi connectivity index (χ3n) is 11.4. The number of benzene rings is 7. The second-order valence-electron chi connectivity index (χ2n) is 14.8.